The molecule has 0 saturated carbocycles. The van der Waals surface area contributed by atoms with E-state index in [0.29, 0.717) is 97.4 Å². The summed E-state index contributed by atoms with van der Waals surface area (Å²) in [5.41, 5.74) is 1.36. The van der Waals surface area contributed by atoms with Gasteiger partial charge in [0, 0.05) is 77.6 Å². The summed E-state index contributed by atoms with van der Waals surface area (Å²) in [6.07, 6.45) is 7.69. The van der Waals surface area contributed by atoms with Crippen LogP contribution in [0.5, 0.6) is 5.75 Å². The second-order valence-electron chi connectivity index (χ2n) is 26.2. The summed E-state index contributed by atoms with van der Waals surface area (Å²) in [7, 11) is 2.10. The molecule has 0 saturated heterocycles. The molecule has 1 aromatic rings. The van der Waals surface area contributed by atoms with Gasteiger partial charge >= 0.3 is 0 Å². The number of benzene rings is 1. The molecule has 1 rings (SSSR count). The van der Waals surface area contributed by atoms with Crippen molar-refractivity contribution in [3.05, 3.63) is 29.8 Å². The fourth-order valence-corrected chi connectivity index (χ4v) is 6.23. The quantitative estimate of drug-likeness (QED) is 0.0464. The first-order chi connectivity index (χ1) is 36.6. The van der Waals surface area contributed by atoms with Crippen LogP contribution < -0.4 is 31.3 Å². The van der Waals surface area contributed by atoms with Gasteiger partial charge in [0.25, 0.3) is 0 Å². The zero-order valence-electron chi connectivity index (χ0n) is 56.3. The van der Waals surface area contributed by atoms with Gasteiger partial charge in [-0.3, -0.25) is 24.0 Å². The Hall–Kier alpha value is -3.71. The number of hydrogen-bond acceptors (Lipinski definition) is 8. The van der Waals surface area contributed by atoms with E-state index in [1.54, 1.807) is 0 Å². The van der Waals surface area contributed by atoms with Gasteiger partial charge in [0.15, 0.2) is 0 Å². The molecule has 0 heterocycles. The molecule has 468 valence electrons. The predicted molar refractivity (Wildman–Crippen MR) is 340 cm³/mol. The van der Waals surface area contributed by atoms with Crippen molar-refractivity contribution in [1.82, 2.24) is 31.5 Å². The highest BCUT2D eigenvalue weighted by Gasteiger charge is 2.08. The highest BCUT2D eigenvalue weighted by atomic mass is 16.5. The third-order valence-electron chi connectivity index (χ3n) is 11.0. The first kappa shape index (κ1) is 84.1. The molecule has 0 aliphatic rings. The van der Waals surface area contributed by atoms with Crippen LogP contribution >= 0.6 is 0 Å². The van der Waals surface area contributed by atoms with Gasteiger partial charge in [-0.15, -0.1) is 0 Å². The summed E-state index contributed by atoms with van der Waals surface area (Å²) in [4.78, 5) is 58.2. The van der Waals surface area contributed by atoms with Crippen LogP contribution in [0.15, 0.2) is 24.3 Å². The minimum Gasteiger partial charge on any atom is -0.493 e. The number of ether oxygens (including phenoxy) is 2. The van der Waals surface area contributed by atoms with Crippen LogP contribution in [0, 0.1) is 59.2 Å². The van der Waals surface area contributed by atoms with E-state index in [1.807, 2.05) is 13.8 Å². The molecule has 1 aromatic carbocycles. The lowest BCUT2D eigenvalue weighted by Gasteiger charge is -2.19. The third kappa shape index (κ3) is 76.4. The van der Waals surface area contributed by atoms with Crippen molar-refractivity contribution in [3.63, 3.8) is 0 Å². The second kappa shape index (κ2) is 54.9. The standard InChI is InChI=1S/C13H28N2O.C13H20O.C11H23NO.C10H21NO2.C10H21NO.C9H19NO/c1-11(2)6-7-13(16)14-8-9-15(5)10-12(3)4;1-10(2)9-14-13-7-5-12(6-8-13)11(3)4;1-9(2)5-6-11(13)12-8-7-10(3)4;1-8(2)5-11-10(12)7-13-6-9(3)4;1-8(2)5-6-10(12)11-7-9(3)4;1-7(2)5-6-9(11)10-8(3)4/h11-12H,6-10H2,1-5H3,(H,14,16);5-8,10-11H,9H2,1-4H3;9-10H,5-8H2,1-4H3,(H,12,13);8-9H,5-7H2,1-4H3,(H,11,12);8-9H,5-7H2,1-4H3,(H,11,12);7-8H,5-6H2,1-4H3,(H,10,11). The highest BCUT2D eigenvalue weighted by molar-refractivity contribution is 5.77. The van der Waals surface area contributed by atoms with Gasteiger partial charge in [-0.05, 0) is 136 Å². The smallest absolute Gasteiger partial charge is 0.246 e. The normalized spacial score (nSPS) is 11.0. The van der Waals surface area contributed by atoms with E-state index >= 15 is 0 Å². The zero-order chi connectivity index (χ0) is 62.1. The van der Waals surface area contributed by atoms with E-state index in [2.05, 4.69) is 215 Å². The number of rotatable bonds is 33. The second-order valence-corrected chi connectivity index (χ2v) is 26.2. The number of carbonyl (C=O) groups excluding carboxylic acids is 5. The minimum absolute atomic E-state index is 0.0191. The highest BCUT2D eigenvalue weighted by Crippen LogP contribution is 2.19. The van der Waals surface area contributed by atoms with Gasteiger partial charge < -0.3 is 41.0 Å². The Morgan fingerprint density at radius 2 is 0.797 bits per heavy atom. The van der Waals surface area contributed by atoms with Crippen molar-refractivity contribution < 1.29 is 33.4 Å². The number of carbonyl (C=O) groups is 5. The molecule has 0 fully saturated rings. The Morgan fingerprint density at radius 3 is 1.15 bits per heavy atom. The Balaban J connectivity index is -0.000000278. The number of nitrogens with one attached hydrogen (secondary N) is 5. The third-order valence-corrected chi connectivity index (χ3v) is 11.0. The molecule has 0 radical (unpaired) electrons. The van der Waals surface area contributed by atoms with E-state index < -0.39 is 0 Å². The van der Waals surface area contributed by atoms with E-state index in [9.17, 15) is 24.0 Å². The van der Waals surface area contributed by atoms with E-state index in [4.69, 9.17) is 9.47 Å². The van der Waals surface area contributed by atoms with E-state index in [-0.39, 0.29) is 42.2 Å². The monoisotopic (exact) mass is 1120 g/mol. The lowest BCUT2D eigenvalue weighted by atomic mass is 10.0. The van der Waals surface area contributed by atoms with Crippen molar-refractivity contribution >= 4 is 29.5 Å². The lowest BCUT2D eigenvalue weighted by molar-refractivity contribution is -0.126. The first-order valence-electron chi connectivity index (χ1n) is 30.9. The summed E-state index contributed by atoms with van der Waals surface area (Å²) in [5.74, 6) is 8.23. The van der Waals surface area contributed by atoms with Gasteiger partial charge in [0.05, 0.1) is 6.61 Å². The average molecular weight is 1120 g/mol. The van der Waals surface area contributed by atoms with E-state index in [0.717, 1.165) is 83.7 Å². The summed E-state index contributed by atoms with van der Waals surface area (Å²) >= 11 is 0. The van der Waals surface area contributed by atoms with Gasteiger partial charge in [-0.2, -0.15) is 0 Å². The molecule has 0 unspecified atom stereocenters. The average Bonchev–Trinajstić information content (AvgIpc) is 3.32. The van der Waals surface area contributed by atoms with Crippen LogP contribution in [0.2, 0.25) is 0 Å². The van der Waals surface area contributed by atoms with Crippen molar-refractivity contribution in [1.29, 1.82) is 0 Å². The lowest BCUT2D eigenvalue weighted by Crippen LogP contribution is -2.34. The van der Waals surface area contributed by atoms with Gasteiger partial charge in [-0.25, -0.2) is 0 Å². The fourth-order valence-electron chi connectivity index (χ4n) is 6.23. The summed E-state index contributed by atoms with van der Waals surface area (Å²) in [5, 5.41) is 14.4. The molecule has 0 atom stereocenters. The molecule has 0 spiro atoms. The first-order valence-corrected chi connectivity index (χ1v) is 30.9. The largest absolute Gasteiger partial charge is 0.493 e. The topological polar surface area (TPSA) is 167 Å². The molecule has 0 aliphatic carbocycles. The van der Waals surface area contributed by atoms with Crippen LogP contribution in [-0.4, -0.2) is 107 Å². The molecule has 13 heteroatoms. The van der Waals surface area contributed by atoms with Crippen LogP contribution in [0.1, 0.15) is 235 Å². The van der Waals surface area contributed by atoms with Crippen molar-refractivity contribution in [3.8, 4) is 5.75 Å². The molecule has 0 aromatic heterocycles. The molecule has 5 amide bonds. The van der Waals surface area contributed by atoms with Crippen LogP contribution in [0.4, 0.5) is 0 Å². The Bertz CT molecular complexity index is 1530. The Labute approximate surface area is 489 Å². The Morgan fingerprint density at radius 1 is 0.418 bits per heavy atom. The number of hydrogen-bond donors (Lipinski definition) is 5. The van der Waals surface area contributed by atoms with Crippen LogP contribution in [0.3, 0.4) is 0 Å². The summed E-state index contributed by atoms with van der Waals surface area (Å²) in [6.45, 7) is 57.7. The van der Waals surface area contributed by atoms with E-state index in [1.165, 1.54) is 5.56 Å². The molecule has 13 nitrogen and oxygen atoms in total. The zero-order valence-corrected chi connectivity index (χ0v) is 56.3. The molecule has 5 N–H and O–H groups in total. The van der Waals surface area contributed by atoms with Crippen molar-refractivity contribution in [2.45, 2.75) is 236 Å². The van der Waals surface area contributed by atoms with Gasteiger partial charge in [0.1, 0.15) is 12.4 Å². The summed E-state index contributed by atoms with van der Waals surface area (Å²) < 4.78 is 10.8. The number of likely N-dealkylation sites (N-methyl/N-ethyl adjacent to an activating group) is 1. The Kier molecular flexibility index (Phi) is 58.4. The molecular formula is C66H132N6O7. The maximum Gasteiger partial charge on any atom is 0.246 e. The molecular weight excluding hydrogens is 989 g/mol. The van der Waals surface area contributed by atoms with Crippen LogP contribution in [-0.2, 0) is 28.7 Å². The number of amides is 5. The minimum atomic E-state index is -0.0191. The summed E-state index contributed by atoms with van der Waals surface area (Å²) in [6, 6.07) is 8.66. The molecule has 79 heavy (non-hydrogen) atoms. The predicted octanol–water partition coefficient (Wildman–Crippen LogP) is 14.1. The van der Waals surface area contributed by atoms with Crippen LogP contribution in [0.25, 0.3) is 0 Å². The maximum atomic E-state index is 11.4. The van der Waals surface area contributed by atoms with Gasteiger partial charge in [0.2, 0.25) is 29.5 Å². The number of nitrogens with zero attached hydrogens (tertiary/aromatic N) is 1. The fraction of sp³-hybridized carbons (Fsp3) is 0.833. The van der Waals surface area contributed by atoms with Gasteiger partial charge in [-0.1, -0.05) is 164 Å². The van der Waals surface area contributed by atoms with Crippen molar-refractivity contribution in [2.24, 2.45) is 59.2 Å². The SMILES string of the molecule is CC(C)CCC(=O)NC(C)C.CC(C)CCC(=O)NCC(C)C.CC(C)CCC(=O)NCCN(C)CC(C)C.CC(C)CCNC(=O)CCC(C)C.CC(C)CNC(=O)COCC(C)C.CC(C)COc1ccc(C(C)C)cc1. The van der Waals surface area contributed by atoms with Crippen molar-refractivity contribution in [2.75, 3.05) is 66.1 Å². The maximum absolute atomic E-state index is 11.4. The molecule has 0 aliphatic heterocycles. The molecule has 0 bridgehead atoms.